The summed E-state index contributed by atoms with van der Waals surface area (Å²) in [6.07, 6.45) is 1.94. The van der Waals surface area contributed by atoms with E-state index in [0.29, 0.717) is 0 Å². The molecule has 1 aromatic carbocycles. The Morgan fingerprint density at radius 1 is 1.24 bits per heavy atom. The number of hydrogen-bond donors (Lipinski definition) is 1. The topological polar surface area (TPSA) is 29.9 Å². The summed E-state index contributed by atoms with van der Waals surface area (Å²) in [4.78, 5) is 4.43. The Hall–Kier alpha value is -1.61. The molecule has 2 rings (SSSR count). The minimum Gasteiger partial charge on any atom is -0.330 e. The van der Waals surface area contributed by atoms with Gasteiger partial charge in [-0.05, 0) is 38.1 Å². The minimum atomic E-state index is 0.793. The Kier molecular flexibility index (Phi) is 3.29. The lowest BCUT2D eigenvalue weighted by atomic mass is 10.0. The average Bonchev–Trinajstić information content (AvgIpc) is 2.66. The lowest BCUT2D eigenvalue weighted by Crippen LogP contribution is -2.10. The van der Waals surface area contributed by atoms with Crippen LogP contribution in [0.15, 0.2) is 24.4 Å². The number of hydrogen-bond acceptors (Lipinski definition) is 2. The second-order valence-electron chi connectivity index (χ2n) is 4.45. The van der Waals surface area contributed by atoms with Gasteiger partial charge in [0.1, 0.15) is 5.82 Å². The zero-order valence-corrected chi connectivity index (χ0v) is 10.9. The van der Waals surface area contributed by atoms with Crippen molar-refractivity contribution < 1.29 is 0 Å². The molecule has 3 heteroatoms. The summed E-state index contributed by atoms with van der Waals surface area (Å²) >= 11 is 0. The van der Waals surface area contributed by atoms with Gasteiger partial charge in [-0.1, -0.05) is 12.1 Å². The first-order valence-electron chi connectivity index (χ1n) is 5.86. The molecule has 1 aromatic heterocycles. The predicted molar refractivity (Wildman–Crippen MR) is 70.9 cm³/mol. The van der Waals surface area contributed by atoms with Crippen LogP contribution < -0.4 is 5.32 Å². The highest BCUT2D eigenvalue weighted by atomic mass is 15.1. The highest BCUT2D eigenvalue weighted by Gasteiger charge is 2.08. The van der Waals surface area contributed by atoms with Crippen LogP contribution >= 0.6 is 0 Å². The van der Waals surface area contributed by atoms with Crippen molar-refractivity contribution in [3.05, 3.63) is 41.3 Å². The second-order valence-corrected chi connectivity index (χ2v) is 4.45. The normalized spacial score (nSPS) is 10.8. The second kappa shape index (κ2) is 4.72. The Morgan fingerprint density at radius 3 is 2.65 bits per heavy atom. The number of aromatic nitrogens is 2. The van der Waals surface area contributed by atoms with Crippen LogP contribution in [-0.4, -0.2) is 16.6 Å². The number of nitrogens with zero attached hydrogens (tertiary/aromatic N) is 2. The van der Waals surface area contributed by atoms with Gasteiger partial charge in [-0.3, -0.25) is 0 Å². The van der Waals surface area contributed by atoms with Crippen molar-refractivity contribution in [1.82, 2.24) is 14.9 Å². The Bertz CT molecular complexity index is 526. The predicted octanol–water partition coefficient (Wildman–Crippen LogP) is 2.42. The molecule has 0 bridgehead atoms. The van der Waals surface area contributed by atoms with Crippen molar-refractivity contribution in [3.8, 4) is 11.3 Å². The minimum absolute atomic E-state index is 0.793. The van der Waals surface area contributed by atoms with E-state index >= 15 is 0 Å². The van der Waals surface area contributed by atoms with Crippen molar-refractivity contribution in [2.75, 3.05) is 7.05 Å². The molecule has 0 fully saturated rings. The van der Waals surface area contributed by atoms with E-state index in [-0.39, 0.29) is 0 Å². The Balaban J connectivity index is 2.42. The standard InChI is InChI=1S/C14H19N3/c1-10-5-6-12(7-11(10)2)13-8-16-14(9-15-3)17(13)4/h5-8,15H,9H2,1-4H3. The quantitative estimate of drug-likeness (QED) is 0.876. The van der Waals surface area contributed by atoms with E-state index in [2.05, 4.69) is 54.0 Å². The number of benzene rings is 1. The smallest absolute Gasteiger partial charge is 0.122 e. The molecule has 0 aliphatic rings. The third-order valence-corrected chi connectivity index (χ3v) is 3.22. The molecule has 17 heavy (non-hydrogen) atoms. The molecule has 0 aliphatic heterocycles. The lowest BCUT2D eigenvalue weighted by Gasteiger charge is -2.08. The fraction of sp³-hybridized carbons (Fsp3) is 0.357. The summed E-state index contributed by atoms with van der Waals surface area (Å²) in [7, 11) is 3.99. The first kappa shape index (κ1) is 11.9. The third kappa shape index (κ3) is 2.24. The number of nitrogens with one attached hydrogen (secondary N) is 1. The first-order valence-corrected chi connectivity index (χ1v) is 5.86. The molecule has 0 aliphatic carbocycles. The van der Waals surface area contributed by atoms with Gasteiger partial charge in [0.05, 0.1) is 18.4 Å². The zero-order valence-electron chi connectivity index (χ0n) is 10.9. The van der Waals surface area contributed by atoms with Crippen LogP contribution in [0.5, 0.6) is 0 Å². The van der Waals surface area contributed by atoms with Gasteiger partial charge in [-0.15, -0.1) is 0 Å². The molecule has 0 atom stereocenters. The van der Waals surface area contributed by atoms with Gasteiger partial charge in [0.2, 0.25) is 0 Å². The monoisotopic (exact) mass is 229 g/mol. The molecule has 0 saturated heterocycles. The average molecular weight is 229 g/mol. The molecule has 0 saturated carbocycles. The van der Waals surface area contributed by atoms with Gasteiger partial charge in [0.15, 0.2) is 0 Å². The summed E-state index contributed by atoms with van der Waals surface area (Å²) < 4.78 is 2.14. The molecule has 3 nitrogen and oxygen atoms in total. The lowest BCUT2D eigenvalue weighted by molar-refractivity contribution is 0.712. The summed E-state index contributed by atoms with van der Waals surface area (Å²) in [5.41, 5.74) is 5.04. The molecule has 0 amide bonds. The van der Waals surface area contributed by atoms with Crippen LogP contribution in [0.2, 0.25) is 0 Å². The number of aryl methyl sites for hydroxylation is 2. The molecular weight excluding hydrogens is 210 g/mol. The van der Waals surface area contributed by atoms with Crippen LogP contribution in [0.4, 0.5) is 0 Å². The number of imidazole rings is 1. The number of rotatable bonds is 3. The van der Waals surface area contributed by atoms with Crippen LogP contribution in [0.25, 0.3) is 11.3 Å². The van der Waals surface area contributed by atoms with Crippen LogP contribution in [0.1, 0.15) is 17.0 Å². The first-order chi connectivity index (χ1) is 8.13. The van der Waals surface area contributed by atoms with Gasteiger partial charge in [-0.25, -0.2) is 4.98 Å². The molecule has 1 heterocycles. The van der Waals surface area contributed by atoms with Gasteiger partial charge in [0.25, 0.3) is 0 Å². The van der Waals surface area contributed by atoms with Gasteiger partial charge in [-0.2, -0.15) is 0 Å². The SMILES string of the molecule is CNCc1ncc(-c2ccc(C)c(C)c2)n1C. The van der Waals surface area contributed by atoms with Gasteiger partial charge in [0, 0.05) is 12.6 Å². The molecule has 0 radical (unpaired) electrons. The molecular formula is C14H19N3. The van der Waals surface area contributed by atoms with Crippen molar-refractivity contribution >= 4 is 0 Å². The molecule has 1 N–H and O–H groups in total. The maximum absolute atomic E-state index is 4.43. The van der Waals surface area contributed by atoms with E-state index in [1.807, 2.05) is 13.2 Å². The van der Waals surface area contributed by atoms with Crippen molar-refractivity contribution in [2.45, 2.75) is 20.4 Å². The Morgan fingerprint density at radius 2 is 2.00 bits per heavy atom. The van der Waals surface area contributed by atoms with E-state index in [1.165, 1.54) is 22.4 Å². The zero-order chi connectivity index (χ0) is 12.4. The van der Waals surface area contributed by atoms with E-state index < -0.39 is 0 Å². The molecule has 0 unspecified atom stereocenters. The Labute approximate surface area is 103 Å². The van der Waals surface area contributed by atoms with Crippen molar-refractivity contribution in [1.29, 1.82) is 0 Å². The molecule has 90 valence electrons. The summed E-state index contributed by atoms with van der Waals surface area (Å²) in [6.45, 7) is 5.07. The highest BCUT2D eigenvalue weighted by molar-refractivity contribution is 5.61. The maximum atomic E-state index is 4.43. The largest absolute Gasteiger partial charge is 0.330 e. The summed E-state index contributed by atoms with van der Waals surface area (Å²) in [6, 6.07) is 6.54. The maximum Gasteiger partial charge on any atom is 0.122 e. The van der Waals surface area contributed by atoms with Crippen molar-refractivity contribution in [2.24, 2.45) is 7.05 Å². The van der Waals surface area contributed by atoms with Crippen LogP contribution in [0, 0.1) is 13.8 Å². The summed E-state index contributed by atoms with van der Waals surface area (Å²) in [5.74, 6) is 1.06. The van der Waals surface area contributed by atoms with Crippen LogP contribution in [0.3, 0.4) is 0 Å². The van der Waals surface area contributed by atoms with Crippen molar-refractivity contribution in [3.63, 3.8) is 0 Å². The summed E-state index contributed by atoms with van der Waals surface area (Å²) in [5, 5.41) is 3.13. The fourth-order valence-corrected chi connectivity index (χ4v) is 1.94. The van der Waals surface area contributed by atoms with E-state index in [9.17, 15) is 0 Å². The van der Waals surface area contributed by atoms with Gasteiger partial charge >= 0.3 is 0 Å². The highest BCUT2D eigenvalue weighted by Crippen LogP contribution is 2.22. The molecule has 2 aromatic rings. The fourth-order valence-electron chi connectivity index (χ4n) is 1.94. The molecule has 0 spiro atoms. The van der Waals surface area contributed by atoms with E-state index in [4.69, 9.17) is 0 Å². The van der Waals surface area contributed by atoms with Crippen LogP contribution in [-0.2, 0) is 13.6 Å². The van der Waals surface area contributed by atoms with E-state index in [1.54, 1.807) is 0 Å². The van der Waals surface area contributed by atoms with E-state index in [0.717, 1.165) is 12.4 Å². The third-order valence-electron chi connectivity index (χ3n) is 3.22. The van der Waals surface area contributed by atoms with Gasteiger partial charge < -0.3 is 9.88 Å².